The predicted molar refractivity (Wildman–Crippen MR) is 64.6 cm³/mol. The van der Waals surface area contributed by atoms with Crippen LogP contribution in [0.5, 0.6) is 5.75 Å². The average molecular weight is 222 g/mol. The molecule has 1 saturated carbocycles. The number of aliphatic hydroxyl groups is 1. The lowest BCUT2D eigenvalue weighted by atomic mass is 10.2. The molecule has 0 aliphatic heterocycles. The molecule has 0 spiro atoms. The lowest BCUT2D eigenvalue weighted by Gasteiger charge is -2.13. The number of hydrogen-bond acceptors (Lipinski definition) is 4. The fourth-order valence-corrected chi connectivity index (χ4v) is 1.71. The Bertz CT molecular complexity index is 364. The van der Waals surface area contributed by atoms with E-state index in [2.05, 4.69) is 5.32 Å². The zero-order valence-corrected chi connectivity index (χ0v) is 9.44. The maximum absolute atomic E-state index is 9.72. The summed E-state index contributed by atoms with van der Waals surface area (Å²) >= 11 is 0. The lowest BCUT2D eigenvalue weighted by molar-refractivity contribution is 0.164. The Kier molecular flexibility index (Phi) is 3.19. The van der Waals surface area contributed by atoms with E-state index in [-0.39, 0.29) is 6.10 Å². The first-order valence-corrected chi connectivity index (χ1v) is 5.55. The number of anilines is 2. The molecule has 2 rings (SSSR count). The molecular weight excluding hydrogens is 204 g/mol. The van der Waals surface area contributed by atoms with Gasteiger partial charge in [0.15, 0.2) is 0 Å². The van der Waals surface area contributed by atoms with Gasteiger partial charge >= 0.3 is 0 Å². The van der Waals surface area contributed by atoms with Crippen molar-refractivity contribution in [3.63, 3.8) is 0 Å². The molecule has 0 amide bonds. The van der Waals surface area contributed by atoms with E-state index < -0.39 is 0 Å². The van der Waals surface area contributed by atoms with Gasteiger partial charge in [0.2, 0.25) is 0 Å². The Labute approximate surface area is 95.4 Å². The molecule has 1 aromatic carbocycles. The molecule has 0 radical (unpaired) electrons. The summed E-state index contributed by atoms with van der Waals surface area (Å²) in [4.78, 5) is 0. The molecule has 0 aromatic heterocycles. The van der Waals surface area contributed by atoms with Crippen LogP contribution >= 0.6 is 0 Å². The number of nitrogen functional groups attached to an aromatic ring is 1. The topological polar surface area (TPSA) is 67.5 Å². The highest BCUT2D eigenvalue weighted by atomic mass is 16.5. The van der Waals surface area contributed by atoms with Gasteiger partial charge in [-0.15, -0.1) is 0 Å². The minimum atomic E-state index is -0.257. The predicted octanol–water partition coefficient (Wildman–Crippen LogP) is 1.46. The van der Waals surface area contributed by atoms with Gasteiger partial charge in [0.25, 0.3) is 0 Å². The molecule has 1 aliphatic rings. The van der Waals surface area contributed by atoms with Crippen molar-refractivity contribution in [3.8, 4) is 5.75 Å². The molecule has 1 unspecified atom stereocenters. The van der Waals surface area contributed by atoms with E-state index >= 15 is 0 Å². The molecule has 4 N–H and O–H groups in total. The van der Waals surface area contributed by atoms with Crippen LogP contribution in [0.3, 0.4) is 0 Å². The third kappa shape index (κ3) is 2.79. The van der Waals surface area contributed by atoms with Crippen LogP contribution in [-0.4, -0.2) is 24.9 Å². The van der Waals surface area contributed by atoms with Crippen LogP contribution in [0.2, 0.25) is 0 Å². The van der Waals surface area contributed by atoms with Crippen molar-refractivity contribution in [1.82, 2.24) is 0 Å². The highest BCUT2D eigenvalue weighted by Gasteiger charge is 2.29. The smallest absolute Gasteiger partial charge is 0.122 e. The molecule has 0 bridgehead atoms. The molecule has 0 heterocycles. The number of ether oxygens (including phenoxy) is 1. The molecule has 1 aliphatic carbocycles. The van der Waals surface area contributed by atoms with Crippen molar-refractivity contribution in [2.45, 2.75) is 18.9 Å². The summed E-state index contributed by atoms with van der Waals surface area (Å²) in [5.41, 5.74) is 7.27. The van der Waals surface area contributed by atoms with Gasteiger partial charge in [-0.1, -0.05) is 0 Å². The van der Waals surface area contributed by atoms with Crippen LogP contribution in [0.25, 0.3) is 0 Å². The van der Waals surface area contributed by atoms with Gasteiger partial charge in [-0.3, -0.25) is 0 Å². The SMILES string of the molecule is COc1cc(N)cc(NCC(O)C2CC2)c1. The Morgan fingerprint density at radius 1 is 1.50 bits per heavy atom. The molecule has 1 fully saturated rings. The molecule has 0 saturated heterocycles. The van der Waals surface area contributed by atoms with E-state index in [0.29, 0.717) is 18.2 Å². The number of benzene rings is 1. The van der Waals surface area contributed by atoms with E-state index in [0.717, 1.165) is 24.3 Å². The first kappa shape index (κ1) is 11.1. The Morgan fingerprint density at radius 2 is 2.25 bits per heavy atom. The fraction of sp³-hybridized carbons (Fsp3) is 0.500. The molecule has 4 heteroatoms. The van der Waals surface area contributed by atoms with Crippen LogP contribution in [0.15, 0.2) is 18.2 Å². The first-order valence-electron chi connectivity index (χ1n) is 5.55. The number of aliphatic hydroxyl groups excluding tert-OH is 1. The minimum absolute atomic E-state index is 0.257. The number of hydrogen-bond donors (Lipinski definition) is 3. The normalized spacial score (nSPS) is 16.9. The van der Waals surface area contributed by atoms with Crippen LogP contribution in [-0.2, 0) is 0 Å². The number of nitrogens with one attached hydrogen (secondary N) is 1. The lowest BCUT2D eigenvalue weighted by Crippen LogP contribution is -2.21. The molecular formula is C12H18N2O2. The van der Waals surface area contributed by atoms with Gasteiger partial charge in [-0.2, -0.15) is 0 Å². The number of nitrogens with two attached hydrogens (primary N) is 1. The van der Waals surface area contributed by atoms with Crippen LogP contribution in [0.4, 0.5) is 11.4 Å². The molecule has 1 atom stereocenters. The summed E-state index contributed by atoms with van der Waals surface area (Å²) in [6.07, 6.45) is 2.03. The standard InChI is InChI=1S/C12H18N2O2/c1-16-11-5-9(13)4-10(6-11)14-7-12(15)8-2-3-8/h4-6,8,12,14-15H,2-3,7,13H2,1H3. The van der Waals surface area contributed by atoms with Gasteiger partial charge in [-0.25, -0.2) is 0 Å². The van der Waals surface area contributed by atoms with E-state index in [1.54, 1.807) is 13.2 Å². The summed E-state index contributed by atoms with van der Waals surface area (Å²) in [7, 11) is 1.61. The van der Waals surface area contributed by atoms with E-state index in [4.69, 9.17) is 10.5 Å². The van der Waals surface area contributed by atoms with E-state index in [1.807, 2.05) is 12.1 Å². The zero-order chi connectivity index (χ0) is 11.5. The third-order valence-electron chi connectivity index (χ3n) is 2.85. The monoisotopic (exact) mass is 222 g/mol. The Morgan fingerprint density at radius 3 is 2.88 bits per heavy atom. The summed E-state index contributed by atoms with van der Waals surface area (Å²) in [6.45, 7) is 0.567. The second-order valence-corrected chi connectivity index (χ2v) is 4.28. The van der Waals surface area contributed by atoms with Gasteiger partial charge in [-0.05, 0) is 24.8 Å². The van der Waals surface area contributed by atoms with Crippen molar-refractivity contribution in [2.24, 2.45) is 5.92 Å². The largest absolute Gasteiger partial charge is 0.497 e. The van der Waals surface area contributed by atoms with Crippen molar-refractivity contribution in [1.29, 1.82) is 0 Å². The van der Waals surface area contributed by atoms with Gasteiger partial charge in [0.1, 0.15) is 5.75 Å². The third-order valence-corrected chi connectivity index (χ3v) is 2.85. The molecule has 1 aromatic rings. The van der Waals surface area contributed by atoms with Gasteiger partial charge in [0.05, 0.1) is 13.2 Å². The summed E-state index contributed by atoms with van der Waals surface area (Å²) < 4.78 is 5.12. The quantitative estimate of drug-likeness (QED) is 0.660. The number of methoxy groups -OCH3 is 1. The van der Waals surface area contributed by atoms with Gasteiger partial charge < -0.3 is 20.9 Å². The molecule has 88 valence electrons. The molecule has 4 nitrogen and oxygen atoms in total. The van der Waals surface area contributed by atoms with Crippen LogP contribution < -0.4 is 15.8 Å². The second-order valence-electron chi connectivity index (χ2n) is 4.28. The minimum Gasteiger partial charge on any atom is -0.497 e. The molecule has 16 heavy (non-hydrogen) atoms. The highest BCUT2D eigenvalue weighted by molar-refractivity contribution is 5.59. The number of rotatable bonds is 5. The fourth-order valence-electron chi connectivity index (χ4n) is 1.71. The second kappa shape index (κ2) is 4.61. The first-order chi connectivity index (χ1) is 7.69. The Balaban J connectivity index is 1.94. The average Bonchev–Trinajstić information content (AvgIpc) is 3.08. The van der Waals surface area contributed by atoms with E-state index in [1.165, 1.54) is 0 Å². The maximum Gasteiger partial charge on any atom is 0.122 e. The van der Waals surface area contributed by atoms with Crippen molar-refractivity contribution in [2.75, 3.05) is 24.7 Å². The van der Waals surface area contributed by atoms with E-state index in [9.17, 15) is 5.11 Å². The van der Waals surface area contributed by atoms with Crippen molar-refractivity contribution >= 4 is 11.4 Å². The van der Waals surface area contributed by atoms with Crippen LogP contribution in [0, 0.1) is 5.92 Å². The summed E-state index contributed by atoms with van der Waals surface area (Å²) in [5.74, 6) is 1.21. The van der Waals surface area contributed by atoms with Crippen molar-refractivity contribution < 1.29 is 9.84 Å². The highest BCUT2D eigenvalue weighted by Crippen LogP contribution is 2.32. The summed E-state index contributed by atoms with van der Waals surface area (Å²) in [6, 6.07) is 5.47. The zero-order valence-electron chi connectivity index (χ0n) is 9.44. The van der Waals surface area contributed by atoms with Gasteiger partial charge in [0, 0.05) is 30.1 Å². The Hall–Kier alpha value is -1.42. The summed E-state index contributed by atoms with van der Waals surface area (Å²) in [5, 5.41) is 12.9. The van der Waals surface area contributed by atoms with Crippen LogP contribution in [0.1, 0.15) is 12.8 Å². The maximum atomic E-state index is 9.72. The van der Waals surface area contributed by atoms with Crippen molar-refractivity contribution in [3.05, 3.63) is 18.2 Å².